The van der Waals surface area contributed by atoms with Crippen molar-refractivity contribution in [2.24, 2.45) is 0 Å². The van der Waals surface area contributed by atoms with Crippen LogP contribution in [0.3, 0.4) is 0 Å². The first-order chi connectivity index (χ1) is 12.7. The molecule has 0 saturated heterocycles. The van der Waals surface area contributed by atoms with Crippen molar-refractivity contribution in [3.8, 4) is 0 Å². The molecule has 2 rings (SSSR count). The normalized spacial score (nSPS) is 11.8. The molecule has 0 unspecified atom stereocenters. The average molecular weight is 440 g/mol. The van der Waals surface area contributed by atoms with Crippen LogP contribution < -0.4 is 0 Å². The summed E-state index contributed by atoms with van der Waals surface area (Å²) >= 11 is 0. The van der Waals surface area contributed by atoms with Crippen LogP contribution in [0.1, 0.15) is 69.7 Å². The van der Waals surface area contributed by atoms with Crippen molar-refractivity contribution in [3.63, 3.8) is 0 Å². The minimum Gasteiger partial charge on any atom is 0 e. The molecule has 0 heterocycles. The summed E-state index contributed by atoms with van der Waals surface area (Å²) in [6.45, 7) is 6.68. The summed E-state index contributed by atoms with van der Waals surface area (Å²) < 4.78 is 6.44. The van der Waals surface area contributed by atoms with Gasteiger partial charge in [0.05, 0.1) is 0 Å². The molecule has 0 spiro atoms. The maximum Gasteiger partial charge on any atom is 0 e. The van der Waals surface area contributed by atoms with Crippen molar-refractivity contribution < 1.29 is 28.8 Å². The molecule has 0 N–H and O–H groups in total. The van der Waals surface area contributed by atoms with Crippen molar-refractivity contribution in [1.82, 2.24) is 0 Å². The monoisotopic (exact) mass is 438 g/mol. The Bertz CT molecular complexity index is 675. The summed E-state index contributed by atoms with van der Waals surface area (Å²) in [6, 6.07) is 14.0. The number of unbranched alkanes of at least 4 members (excludes halogenated alkanes) is 3. The van der Waals surface area contributed by atoms with Crippen LogP contribution in [0.4, 0.5) is 0 Å². The van der Waals surface area contributed by atoms with Gasteiger partial charge in [0, 0.05) is 19.5 Å². The van der Waals surface area contributed by atoms with Crippen LogP contribution in [0.2, 0.25) is 0 Å². The Morgan fingerprint density at radius 2 is 1.33 bits per heavy atom. The van der Waals surface area contributed by atoms with Gasteiger partial charge in [0.2, 0.25) is 0 Å². The Labute approximate surface area is 178 Å². The summed E-state index contributed by atoms with van der Waals surface area (Å²) in [5.74, 6) is -0.100. The van der Waals surface area contributed by atoms with Crippen LogP contribution in [-0.2, 0) is 24.0 Å². The van der Waals surface area contributed by atoms with Crippen LogP contribution in [0.15, 0.2) is 42.5 Å². The first-order valence-electron chi connectivity index (χ1n) is 10.4. The second-order valence-electron chi connectivity index (χ2n) is 7.41. The topological polar surface area (TPSA) is 26.3 Å². The molecule has 27 heavy (non-hydrogen) atoms. The second-order valence-corrected chi connectivity index (χ2v) is 11.5. The maximum atomic E-state index is 13.2. The van der Waals surface area contributed by atoms with Gasteiger partial charge in [-0.25, -0.2) is 0 Å². The van der Waals surface area contributed by atoms with Gasteiger partial charge in [-0.15, -0.1) is 0 Å². The summed E-state index contributed by atoms with van der Waals surface area (Å²) in [5, 5.41) is 2.11. The molecule has 2 nitrogen and oxygen atoms in total. The first-order valence-corrected chi connectivity index (χ1v) is 12.9. The van der Waals surface area contributed by atoms with Gasteiger partial charge >= 0.3 is 159 Å². The number of rotatable bonds is 11. The van der Waals surface area contributed by atoms with Gasteiger partial charge in [0.25, 0.3) is 0 Å². The van der Waals surface area contributed by atoms with E-state index in [9.17, 15) is 4.79 Å². The molecule has 0 aliphatic carbocycles. The predicted octanol–water partition coefficient (Wildman–Crippen LogP) is 7.06. The third kappa shape index (κ3) is 6.96. The van der Waals surface area contributed by atoms with E-state index in [4.69, 9.17) is 4.52 Å². The van der Waals surface area contributed by atoms with E-state index < -0.39 is 7.49 Å². The number of hydrogen-bond donors (Lipinski definition) is 0. The molecule has 0 amide bonds. The van der Waals surface area contributed by atoms with Crippen LogP contribution in [0.5, 0.6) is 0 Å². The van der Waals surface area contributed by atoms with E-state index in [2.05, 4.69) is 32.9 Å². The van der Waals surface area contributed by atoms with E-state index in [-0.39, 0.29) is 25.4 Å². The average Bonchev–Trinajstić information content (AvgIpc) is 2.68. The predicted molar refractivity (Wildman–Crippen MR) is 117 cm³/mol. The van der Waals surface area contributed by atoms with E-state index >= 15 is 0 Å². The van der Waals surface area contributed by atoms with Crippen LogP contribution in [0, 0.1) is 0 Å². The van der Waals surface area contributed by atoms with Gasteiger partial charge in [-0.2, -0.15) is 0 Å². The Hall–Kier alpha value is -0.777. The molecule has 0 saturated carbocycles. The Morgan fingerprint density at radius 3 is 1.89 bits per heavy atom. The van der Waals surface area contributed by atoms with Gasteiger partial charge < -0.3 is 0 Å². The molecule has 0 aromatic heterocycles. The molecule has 0 aliphatic rings. The Morgan fingerprint density at radius 1 is 0.815 bits per heavy atom. The zero-order valence-corrected chi connectivity index (χ0v) is 21.4. The third-order valence-corrected chi connectivity index (χ3v) is 9.69. The first kappa shape index (κ1) is 24.3. The van der Waals surface area contributed by atoms with Gasteiger partial charge in [-0.1, -0.05) is 0 Å². The second kappa shape index (κ2) is 12.6. The maximum absolute atomic E-state index is 13.2. The number of fused-ring (bicyclic) bond motifs is 1. The minimum atomic E-state index is -2.04. The molecule has 0 atom stereocenters. The largest absolute Gasteiger partial charge is 0 e. The summed E-state index contributed by atoms with van der Waals surface area (Å²) in [4.78, 5) is 13.2. The molecule has 4 heteroatoms. The fourth-order valence-electron chi connectivity index (χ4n) is 3.68. The molecule has 146 valence electrons. The number of carbonyl (C=O) groups is 1. The minimum absolute atomic E-state index is 0. The van der Waals surface area contributed by atoms with Crippen LogP contribution in [-0.4, -0.2) is 24.5 Å². The number of carbonyl (C=O) groups excluding carboxylic acids is 1. The summed E-state index contributed by atoms with van der Waals surface area (Å²) in [6.07, 6.45) is 10.3. The fraction of sp³-hybridized carbons (Fsp3) is 0.522. The van der Waals surface area contributed by atoms with Crippen LogP contribution >= 0.6 is 7.49 Å². The SMILES string of the molecule is CCCC[PH](CCCC)(CCCC)OC(=O)c1cccc2ccccc12.[Zn]. The standard InChI is InChI=1S/C23H35O2P.Zn/c1-4-7-17-26(18-8-5-2,19-9-6-3)25-23(24)22-16-12-14-20-13-10-11-15-21(20)22;/h10-16,26H,4-9,17-19H2,1-3H3;. The van der Waals surface area contributed by atoms with Crippen molar-refractivity contribution >= 4 is 24.2 Å². The molecular formula is C23H35O2PZn. The van der Waals surface area contributed by atoms with Crippen molar-refractivity contribution in [1.29, 1.82) is 0 Å². The summed E-state index contributed by atoms with van der Waals surface area (Å²) in [7, 11) is -2.04. The van der Waals surface area contributed by atoms with Crippen LogP contribution in [0.25, 0.3) is 10.8 Å². The van der Waals surface area contributed by atoms with Crippen molar-refractivity contribution in [3.05, 3.63) is 48.0 Å². The Balaban J connectivity index is 0.00000364. The molecule has 0 radical (unpaired) electrons. The fourth-order valence-corrected chi connectivity index (χ4v) is 8.23. The van der Waals surface area contributed by atoms with Crippen molar-refractivity contribution in [2.45, 2.75) is 59.3 Å². The van der Waals surface area contributed by atoms with E-state index in [0.717, 1.165) is 34.8 Å². The van der Waals surface area contributed by atoms with Gasteiger partial charge in [0.15, 0.2) is 0 Å². The van der Waals surface area contributed by atoms with E-state index in [1.54, 1.807) is 0 Å². The van der Waals surface area contributed by atoms with Crippen molar-refractivity contribution in [2.75, 3.05) is 18.5 Å². The van der Waals surface area contributed by atoms with E-state index in [1.165, 1.54) is 38.5 Å². The quantitative estimate of drug-likeness (QED) is 0.277. The Kier molecular flexibility index (Phi) is 11.4. The number of hydrogen-bond acceptors (Lipinski definition) is 2. The van der Waals surface area contributed by atoms with Gasteiger partial charge in [0.1, 0.15) is 0 Å². The molecule has 0 bridgehead atoms. The zero-order valence-electron chi connectivity index (χ0n) is 17.4. The zero-order chi connectivity index (χ0) is 18.8. The smallest absolute Gasteiger partial charge is 0 e. The summed E-state index contributed by atoms with van der Waals surface area (Å²) in [5.41, 5.74) is 0.726. The molecule has 0 aliphatic heterocycles. The molecule has 2 aromatic carbocycles. The van der Waals surface area contributed by atoms with E-state index in [0.29, 0.717) is 0 Å². The molecular weight excluding hydrogens is 405 g/mol. The molecule has 0 fully saturated rings. The molecule has 2 aromatic rings. The van der Waals surface area contributed by atoms with Gasteiger partial charge in [-0.05, 0) is 0 Å². The van der Waals surface area contributed by atoms with Gasteiger partial charge in [-0.3, -0.25) is 0 Å². The third-order valence-electron chi connectivity index (χ3n) is 5.28. The number of benzene rings is 2. The van der Waals surface area contributed by atoms with E-state index in [1.807, 2.05) is 30.3 Å².